The lowest BCUT2D eigenvalue weighted by Gasteiger charge is -2.21. The fourth-order valence-corrected chi connectivity index (χ4v) is 4.51. The van der Waals surface area contributed by atoms with Crippen molar-refractivity contribution < 1.29 is 4.57 Å². The maximum absolute atomic E-state index is 2.54. The van der Waals surface area contributed by atoms with E-state index in [1.165, 1.54) is 66.3 Å². The monoisotopic (exact) mass is 345 g/mol. The number of aryl methyl sites for hydroxylation is 1. The highest BCUT2D eigenvalue weighted by molar-refractivity contribution is 5.39. The van der Waals surface area contributed by atoms with E-state index >= 15 is 0 Å². The van der Waals surface area contributed by atoms with Crippen molar-refractivity contribution >= 4 is 0 Å². The summed E-state index contributed by atoms with van der Waals surface area (Å²) in [7, 11) is 0. The second kappa shape index (κ2) is 7.11. The second-order valence-electron chi connectivity index (χ2n) is 7.66. The molecule has 0 unspecified atom stereocenters. The van der Waals surface area contributed by atoms with Crippen LogP contribution in [0.1, 0.15) is 60.8 Å². The highest BCUT2D eigenvalue weighted by Gasteiger charge is 2.35. The lowest BCUT2D eigenvalue weighted by Crippen LogP contribution is -2.40. The lowest BCUT2D eigenvalue weighted by atomic mass is 9.88. The molecule has 3 aromatic rings. The summed E-state index contributed by atoms with van der Waals surface area (Å²) in [6.07, 6.45) is 6.65. The van der Waals surface area contributed by atoms with E-state index in [2.05, 4.69) is 84.5 Å². The average Bonchev–Trinajstić information content (AvgIpc) is 2.95. The van der Waals surface area contributed by atoms with Gasteiger partial charge in [0.2, 0.25) is 0 Å². The zero-order chi connectivity index (χ0) is 18.1. The van der Waals surface area contributed by atoms with Gasteiger partial charge in [-0.15, -0.1) is 0 Å². The van der Waals surface area contributed by atoms with Crippen LogP contribution in [0.3, 0.4) is 0 Å². The van der Waals surface area contributed by atoms with Crippen LogP contribution in [0.5, 0.6) is 0 Å². The Morgan fingerprint density at radius 1 is 0.808 bits per heavy atom. The first-order valence-corrected chi connectivity index (χ1v) is 9.93. The van der Waals surface area contributed by atoms with Gasteiger partial charge in [0.1, 0.15) is 22.8 Å². The zero-order valence-electron chi connectivity index (χ0n) is 16.2. The summed E-state index contributed by atoms with van der Waals surface area (Å²) >= 11 is 0. The minimum Gasteiger partial charge on any atom is -0.196 e. The van der Waals surface area contributed by atoms with E-state index in [1.807, 2.05) is 0 Å². The minimum absolute atomic E-state index is 0.621. The van der Waals surface area contributed by atoms with Crippen molar-refractivity contribution in [2.24, 2.45) is 0 Å². The molecule has 4 rings (SSSR count). The molecule has 1 fully saturated rings. The fourth-order valence-electron chi connectivity index (χ4n) is 4.51. The molecular formula is C24H29N2+. The van der Waals surface area contributed by atoms with Crippen molar-refractivity contribution in [3.8, 4) is 11.4 Å². The van der Waals surface area contributed by atoms with Crippen LogP contribution in [0.2, 0.25) is 0 Å². The topological polar surface area (TPSA) is 8.81 Å². The van der Waals surface area contributed by atoms with Crippen molar-refractivity contribution in [1.29, 1.82) is 0 Å². The number of aromatic nitrogens is 2. The molecule has 0 spiro atoms. The Kier molecular flexibility index (Phi) is 4.67. The maximum atomic E-state index is 2.54. The molecule has 1 aliphatic carbocycles. The number of imidazole rings is 1. The first-order chi connectivity index (χ1) is 12.7. The van der Waals surface area contributed by atoms with Crippen LogP contribution < -0.4 is 4.57 Å². The molecule has 134 valence electrons. The van der Waals surface area contributed by atoms with Gasteiger partial charge in [-0.3, -0.25) is 0 Å². The third kappa shape index (κ3) is 2.88. The number of rotatable bonds is 3. The smallest absolute Gasteiger partial charge is 0.196 e. The third-order valence-electron chi connectivity index (χ3n) is 5.99. The van der Waals surface area contributed by atoms with Crippen LogP contribution in [-0.2, 0) is 0 Å². The normalized spacial score (nSPS) is 15.3. The van der Waals surface area contributed by atoms with E-state index in [-0.39, 0.29) is 0 Å². The molecule has 0 amide bonds. The molecule has 1 aliphatic rings. The van der Waals surface area contributed by atoms with E-state index in [9.17, 15) is 0 Å². The molecule has 1 heterocycles. The Morgan fingerprint density at radius 3 is 2.15 bits per heavy atom. The summed E-state index contributed by atoms with van der Waals surface area (Å²) in [5, 5.41) is 0. The van der Waals surface area contributed by atoms with Gasteiger partial charge in [-0.1, -0.05) is 55.7 Å². The summed E-state index contributed by atoms with van der Waals surface area (Å²) in [6.45, 7) is 6.76. The SMILES string of the molecule is Cc1ccccc1-[n+]1c(C)c(C)n(-c2ccccc2)c1C1CCCCC1. The number of benzene rings is 2. The van der Waals surface area contributed by atoms with Gasteiger partial charge in [-0.25, -0.2) is 0 Å². The number of nitrogens with zero attached hydrogens (tertiary/aromatic N) is 2. The van der Waals surface area contributed by atoms with Gasteiger partial charge in [0.25, 0.3) is 5.82 Å². The Balaban J connectivity index is 2.01. The Bertz CT molecular complexity index is 899. The van der Waals surface area contributed by atoms with Crippen molar-refractivity contribution in [1.82, 2.24) is 4.57 Å². The van der Waals surface area contributed by atoms with Crippen molar-refractivity contribution in [3.63, 3.8) is 0 Å². The van der Waals surface area contributed by atoms with Gasteiger partial charge < -0.3 is 0 Å². The molecular weight excluding hydrogens is 316 g/mol. The number of hydrogen-bond donors (Lipinski definition) is 0. The summed E-state index contributed by atoms with van der Waals surface area (Å²) in [4.78, 5) is 0. The predicted octanol–water partition coefficient (Wildman–Crippen LogP) is 5.73. The van der Waals surface area contributed by atoms with Gasteiger partial charge in [0.05, 0.1) is 5.92 Å². The van der Waals surface area contributed by atoms with Crippen LogP contribution in [0.25, 0.3) is 11.4 Å². The first kappa shape index (κ1) is 17.1. The lowest BCUT2D eigenvalue weighted by molar-refractivity contribution is -0.612. The summed E-state index contributed by atoms with van der Waals surface area (Å²) < 4.78 is 5.05. The predicted molar refractivity (Wildman–Crippen MR) is 107 cm³/mol. The molecule has 2 heteroatoms. The van der Waals surface area contributed by atoms with Gasteiger partial charge in [-0.2, -0.15) is 9.13 Å². The van der Waals surface area contributed by atoms with Crippen LogP contribution >= 0.6 is 0 Å². The molecule has 1 aromatic heterocycles. The number of para-hydroxylation sites is 2. The van der Waals surface area contributed by atoms with Gasteiger partial charge >= 0.3 is 0 Å². The average molecular weight is 346 g/mol. The summed E-state index contributed by atoms with van der Waals surface area (Å²) in [6, 6.07) is 19.7. The maximum Gasteiger partial charge on any atom is 0.270 e. The Labute approximate surface area is 157 Å². The fraction of sp³-hybridized carbons (Fsp3) is 0.375. The van der Waals surface area contributed by atoms with Crippen LogP contribution in [0.4, 0.5) is 0 Å². The molecule has 0 radical (unpaired) electrons. The molecule has 0 N–H and O–H groups in total. The van der Waals surface area contributed by atoms with Crippen molar-refractivity contribution in [3.05, 3.63) is 77.4 Å². The van der Waals surface area contributed by atoms with Crippen molar-refractivity contribution in [2.75, 3.05) is 0 Å². The van der Waals surface area contributed by atoms with E-state index in [1.54, 1.807) is 0 Å². The van der Waals surface area contributed by atoms with E-state index < -0.39 is 0 Å². The van der Waals surface area contributed by atoms with E-state index in [0.717, 1.165) is 0 Å². The molecule has 0 atom stereocenters. The highest BCUT2D eigenvalue weighted by atomic mass is 15.2. The first-order valence-electron chi connectivity index (χ1n) is 9.93. The van der Waals surface area contributed by atoms with Crippen LogP contribution in [0, 0.1) is 20.8 Å². The quantitative estimate of drug-likeness (QED) is 0.536. The van der Waals surface area contributed by atoms with Crippen molar-refractivity contribution in [2.45, 2.75) is 58.8 Å². The van der Waals surface area contributed by atoms with Gasteiger partial charge in [0.15, 0.2) is 0 Å². The van der Waals surface area contributed by atoms with E-state index in [0.29, 0.717) is 5.92 Å². The molecule has 0 aliphatic heterocycles. The van der Waals surface area contributed by atoms with Gasteiger partial charge in [-0.05, 0) is 43.5 Å². The van der Waals surface area contributed by atoms with Gasteiger partial charge in [0, 0.05) is 13.8 Å². The Hall–Kier alpha value is -2.35. The number of hydrogen-bond acceptors (Lipinski definition) is 0. The standard InChI is InChI=1S/C24H29N2/c1-18-12-10-11-17-23(18)26-20(3)19(2)25(22-15-8-5-9-16-22)24(26)21-13-6-4-7-14-21/h5,8-12,15-17,21H,4,6-7,13-14H2,1-3H3/q+1. The molecule has 2 nitrogen and oxygen atoms in total. The van der Waals surface area contributed by atoms with E-state index in [4.69, 9.17) is 0 Å². The molecule has 26 heavy (non-hydrogen) atoms. The zero-order valence-corrected chi connectivity index (χ0v) is 16.2. The summed E-state index contributed by atoms with van der Waals surface area (Å²) in [5.74, 6) is 2.08. The molecule has 2 aromatic carbocycles. The second-order valence-corrected chi connectivity index (χ2v) is 7.66. The molecule has 0 saturated heterocycles. The highest BCUT2D eigenvalue weighted by Crippen LogP contribution is 2.34. The van der Waals surface area contributed by atoms with Crippen LogP contribution in [0.15, 0.2) is 54.6 Å². The molecule has 0 bridgehead atoms. The molecule has 1 saturated carbocycles. The third-order valence-corrected chi connectivity index (χ3v) is 5.99. The summed E-state index contributed by atoms with van der Waals surface area (Å²) in [5.41, 5.74) is 6.64. The van der Waals surface area contributed by atoms with Crippen LogP contribution in [-0.4, -0.2) is 4.57 Å². The Morgan fingerprint density at radius 2 is 1.46 bits per heavy atom. The largest absolute Gasteiger partial charge is 0.270 e. The minimum atomic E-state index is 0.621.